The largest absolute Gasteiger partial charge is 0.505 e. The van der Waals surface area contributed by atoms with Gasteiger partial charge in [-0.05, 0) is 49.9 Å². The Balaban J connectivity index is 1.72. The lowest BCUT2D eigenvalue weighted by atomic mass is 9.85. The number of anilines is 1. The average Bonchev–Trinajstić information content (AvgIpc) is 2.77. The summed E-state index contributed by atoms with van der Waals surface area (Å²) in [4.78, 5) is 20.6. The number of amides is 1. The molecule has 1 aromatic carbocycles. The van der Waals surface area contributed by atoms with Crippen LogP contribution in [0.1, 0.15) is 31.2 Å². The van der Waals surface area contributed by atoms with Gasteiger partial charge >= 0.3 is 0 Å². The number of nitrogens with zero attached hydrogens (tertiary/aromatic N) is 2. The number of nitrogens with one attached hydrogen (secondary N) is 1. The van der Waals surface area contributed by atoms with E-state index in [9.17, 15) is 15.0 Å². The summed E-state index contributed by atoms with van der Waals surface area (Å²) in [5.74, 6) is -0.509. The lowest BCUT2D eigenvalue weighted by molar-refractivity contribution is -0.122. The van der Waals surface area contributed by atoms with E-state index in [1.54, 1.807) is 24.4 Å². The number of aliphatic hydroxyl groups excluding tert-OH is 1. The summed E-state index contributed by atoms with van der Waals surface area (Å²) in [6, 6.07) is 6.96. The minimum Gasteiger partial charge on any atom is -0.505 e. The number of carbonyl (C=O) groups excluding carboxylic acids is 1. The maximum absolute atomic E-state index is 11.5. The molecule has 4 rings (SSSR count). The van der Waals surface area contributed by atoms with Crippen molar-refractivity contribution in [3.05, 3.63) is 46.1 Å². The highest BCUT2D eigenvalue weighted by molar-refractivity contribution is 6.37. The Labute approximate surface area is 189 Å². The molecule has 7 nitrogen and oxygen atoms in total. The lowest BCUT2D eigenvalue weighted by Crippen LogP contribution is -2.32. The van der Waals surface area contributed by atoms with E-state index < -0.39 is 0 Å². The number of hydrogen-bond acceptors (Lipinski definition) is 6. The number of carbonyl (C=O) groups is 1. The Morgan fingerprint density at radius 2 is 1.84 bits per heavy atom. The summed E-state index contributed by atoms with van der Waals surface area (Å²) >= 11 is 12.2. The molecular weight excluding hydrogens is 439 g/mol. The van der Waals surface area contributed by atoms with Crippen LogP contribution in [0.3, 0.4) is 0 Å². The van der Waals surface area contributed by atoms with Gasteiger partial charge in [0.1, 0.15) is 5.52 Å². The molecule has 2 heterocycles. The van der Waals surface area contributed by atoms with E-state index in [2.05, 4.69) is 10.3 Å². The smallest absolute Gasteiger partial charge is 0.220 e. The number of fused-ring (bicyclic) bond motifs is 1. The lowest BCUT2D eigenvalue weighted by Gasteiger charge is -2.29. The van der Waals surface area contributed by atoms with Gasteiger partial charge in [-0.1, -0.05) is 23.2 Å². The molecule has 0 bridgehead atoms. The zero-order valence-corrected chi connectivity index (χ0v) is 18.1. The van der Waals surface area contributed by atoms with Crippen molar-refractivity contribution in [2.45, 2.75) is 38.3 Å². The van der Waals surface area contributed by atoms with Gasteiger partial charge in [-0.2, -0.15) is 0 Å². The first kappa shape index (κ1) is 21.6. The van der Waals surface area contributed by atoms with Gasteiger partial charge in [0.2, 0.25) is 5.91 Å². The predicted molar refractivity (Wildman–Crippen MR) is 121 cm³/mol. The summed E-state index contributed by atoms with van der Waals surface area (Å²) in [7, 11) is 0. The number of rotatable bonds is 5. The molecule has 1 amide bonds. The summed E-state index contributed by atoms with van der Waals surface area (Å²) in [6.07, 6.45) is 4.69. The summed E-state index contributed by atoms with van der Waals surface area (Å²) in [6.45, 7) is -0.190. The van der Waals surface area contributed by atoms with Crippen LogP contribution in [0, 0.1) is 5.92 Å². The molecule has 0 spiro atoms. The minimum atomic E-state index is -0.249. The Bertz CT molecular complexity index is 1120. The van der Waals surface area contributed by atoms with Crippen molar-refractivity contribution in [1.29, 1.82) is 0 Å². The van der Waals surface area contributed by atoms with Gasteiger partial charge in [0, 0.05) is 29.3 Å². The standard InChI is InChI=1S/C22H22Cl2N4O3/c23-15-7-12(8-16(24)21(15)30)17-5-6-18-20(28-17)19(13(10-29)9-26-18)27-14-3-1-11(2-4-14)22(25)31/h5-9,11,14,29-30H,1-4,10H2,(H2,25,31)(H,26,27). The average molecular weight is 461 g/mol. The van der Waals surface area contributed by atoms with Gasteiger partial charge < -0.3 is 21.3 Å². The molecule has 0 saturated heterocycles. The number of pyridine rings is 2. The molecule has 9 heteroatoms. The van der Waals surface area contributed by atoms with Crippen LogP contribution in [0.4, 0.5) is 5.69 Å². The first-order valence-electron chi connectivity index (χ1n) is 10.0. The first-order chi connectivity index (χ1) is 14.9. The molecule has 1 fully saturated rings. The minimum absolute atomic E-state index is 0.0849. The van der Waals surface area contributed by atoms with Crippen molar-refractivity contribution < 1.29 is 15.0 Å². The molecule has 1 saturated carbocycles. The maximum atomic E-state index is 11.5. The van der Waals surface area contributed by atoms with Crippen LogP contribution >= 0.6 is 23.2 Å². The van der Waals surface area contributed by atoms with Crippen LogP contribution < -0.4 is 11.1 Å². The fourth-order valence-corrected chi connectivity index (χ4v) is 4.47. The first-order valence-corrected chi connectivity index (χ1v) is 10.8. The highest BCUT2D eigenvalue weighted by Crippen LogP contribution is 2.37. The van der Waals surface area contributed by atoms with Crippen LogP contribution in [-0.4, -0.2) is 32.1 Å². The number of aliphatic hydroxyl groups is 1. The third kappa shape index (κ3) is 4.39. The number of phenols is 1. The van der Waals surface area contributed by atoms with Gasteiger partial charge in [0.05, 0.1) is 33.6 Å². The maximum Gasteiger partial charge on any atom is 0.220 e. The Hall–Kier alpha value is -2.61. The summed E-state index contributed by atoms with van der Waals surface area (Å²) in [5.41, 5.74) is 9.33. The van der Waals surface area contributed by atoms with Gasteiger partial charge in [-0.25, -0.2) is 4.98 Å². The number of nitrogens with two attached hydrogens (primary N) is 1. The molecule has 1 aliphatic carbocycles. The molecule has 3 aromatic rings. The summed E-state index contributed by atoms with van der Waals surface area (Å²) < 4.78 is 0. The fourth-order valence-electron chi connectivity index (χ4n) is 3.99. The predicted octanol–water partition coefficient (Wildman–Crippen LogP) is 4.26. The molecular formula is C22H22Cl2N4O3. The number of aromatic nitrogens is 2. The zero-order valence-electron chi connectivity index (χ0n) is 16.6. The zero-order chi connectivity index (χ0) is 22.1. The summed E-state index contributed by atoms with van der Waals surface area (Å²) in [5, 5.41) is 23.5. The molecule has 0 aliphatic heterocycles. The second-order valence-electron chi connectivity index (χ2n) is 7.76. The van der Waals surface area contributed by atoms with E-state index >= 15 is 0 Å². The normalized spacial score (nSPS) is 18.8. The Kier molecular flexibility index (Phi) is 6.18. The van der Waals surface area contributed by atoms with E-state index in [1.807, 2.05) is 6.07 Å². The van der Waals surface area contributed by atoms with Crippen molar-refractivity contribution >= 4 is 45.8 Å². The molecule has 31 heavy (non-hydrogen) atoms. The third-order valence-corrected chi connectivity index (χ3v) is 6.33. The van der Waals surface area contributed by atoms with E-state index in [0.29, 0.717) is 33.5 Å². The second-order valence-corrected chi connectivity index (χ2v) is 8.58. The molecule has 2 aromatic heterocycles. The number of phenolic OH excluding ortho intramolecular Hbond substituents is 1. The van der Waals surface area contributed by atoms with Crippen LogP contribution in [-0.2, 0) is 11.4 Å². The van der Waals surface area contributed by atoms with Crippen LogP contribution in [0.25, 0.3) is 22.3 Å². The van der Waals surface area contributed by atoms with E-state index in [1.165, 1.54) is 0 Å². The van der Waals surface area contributed by atoms with Crippen LogP contribution in [0.15, 0.2) is 30.5 Å². The molecule has 0 unspecified atom stereocenters. The monoisotopic (exact) mass is 460 g/mol. The molecule has 162 valence electrons. The molecule has 5 N–H and O–H groups in total. The van der Waals surface area contributed by atoms with E-state index in [4.69, 9.17) is 33.9 Å². The van der Waals surface area contributed by atoms with Crippen molar-refractivity contribution in [2.24, 2.45) is 11.7 Å². The van der Waals surface area contributed by atoms with Crippen molar-refractivity contribution in [1.82, 2.24) is 9.97 Å². The Morgan fingerprint density at radius 3 is 2.45 bits per heavy atom. The fraction of sp³-hybridized carbons (Fsp3) is 0.318. The molecule has 1 aliphatic rings. The molecule has 0 radical (unpaired) electrons. The van der Waals surface area contributed by atoms with Crippen molar-refractivity contribution in [3.63, 3.8) is 0 Å². The third-order valence-electron chi connectivity index (χ3n) is 5.75. The van der Waals surface area contributed by atoms with Crippen molar-refractivity contribution in [2.75, 3.05) is 5.32 Å². The Morgan fingerprint density at radius 1 is 1.16 bits per heavy atom. The molecule has 0 atom stereocenters. The van der Waals surface area contributed by atoms with Gasteiger partial charge in [0.15, 0.2) is 5.75 Å². The number of halogens is 2. The second kappa shape index (κ2) is 8.86. The van der Waals surface area contributed by atoms with E-state index in [-0.39, 0.29) is 40.3 Å². The highest BCUT2D eigenvalue weighted by atomic mass is 35.5. The number of benzene rings is 1. The van der Waals surface area contributed by atoms with Gasteiger partial charge in [-0.3, -0.25) is 9.78 Å². The van der Waals surface area contributed by atoms with Crippen LogP contribution in [0.2, 0.25) is 10.0 Å². The quantitative estimate of drug-likeness (QED) is 0.451. The SMILES string of the molecule is NC(=O)C1CCC(Nc2c(CO)cnc3ccc(-c4cc(Cl)c(O)c(Cl)c4)nc23)CC1. The van der Waals surface area contributed by atoms with Crippen LogP contribution in [0.5, 0.6) is 5.75 Å². The van der Waals surface area contributed by atoms with Gasteiger partial charge in [0.25, 0.3) is 0 Å². The number of primary amides is 1. The van der Waals surface area contributed by atoms with Gasteiger partial charge in [-0.15, -0.1) is 0 Å². The van der Waals surface area contributed by atoms with Crippen molar-refractivity contribution in [3.8, 4) is 17.0 Å². The van der Waals surface area contributed by atoms with E-state index in [0.717, 1.165) is 25.7 Å². The number of aromatic hydroxyl groups is 1. The highest BCUT2D eigenvalue weighted by Gasteiger charge is 2.25. The topological polar surface area (TPSA) is 121 Å². The number of hydrogen-bond donors (Lipinski definition) is 4.